The van der Waals surface area contributed by atoms with E-state index in [1.165, 1.54) is 32.1 Å². The van der Waals surface area contributed by atoms with Crippen LogP contribution in [-0.4, -0.2) is 29.2 Å². The van der Waals surface area contributed by atoms with Gasteiger partial charge in [0.2, 0.25) is 0 Å². The molecule has 2 rings (SSSR count). The number of aliphatic hydroxyl groups excluding tert-OH is 1. The van der Waals surface area contributed by atoms with E-state index in [2.05, 4.69) is 11.6 Å². The molecule has 0 spiro atoms. The lowest BCUT2D eigenvalue weighted by Crippen LogP contribution is -2.40. The van der Waals surface area contributed by atoms with Crippen LogP contribution in [0, 0.1) is 0 Å². The summed E-state index contributed by atoms with van der Waals surface area (Å²) >= 11 is 3.63. The van der Waals surface area contributed by atoms with E-state index >= 15 is 0 Å². The number of thioether (sulfide) groups is 1. The molecule has 0 aromatic carbocycles. The van der Waals surface area contributed by atoms with Crippen LogP contribution in [0.15, 0.2) is 17.5 Å². The Morgan fingerprint density at radius 1 is 1.44 bits per heavy atom. The third kappa shape index (κ3) is 3.73. The molecule has 1 fully saturated rings. The summed E-state index contributed by atoms with van der Waals surface area (Å²) in [5.41, 5.74) is 0. The molecule has 102 valence electrons. The molecule has 2 N–H and O–H groups in total. The first kappa shape index (κ1) is 14.4. The van der Waals surface area contributed by atoms with E-state index in [1.807, 2.05) is 29.3 Å². The van der Waals surface area contributed by atoms with Gasteiger partial charge in [-0.15, -0.1) is 11.3 Å². The molecule has 1 unspecified atom stereocenters. The van der Waals surface area contributed by atoms with Gasteiger partial charge in [0.05, 0.1) is 0 Å². The highest BCUT2D eigenvalue weighted by Gasteiger charge is 2.30. The first-order chi connectivity index (χ1) is 8.76. The van der Waals surface area contributed by atoms with Gasteiger partial charge in [-0.2, -0.15) is 11.8 Å². The molecule has 1 heterocycles. The van der Waals surface area contributed by atoms with Crippen LogP contribution in [0.25, 0.3) is 0 Å². The molecule has 1 aliphatic rings. The van der Waals surface area contributed by atoms with Gasteiger partial charge in [-0.3, -0.25) is 0 Å². The van der Waals surface area contributed by atoms with Crippen molar-refractivity contribution in [2.75, 3.05) is 19.3 Å². The standard InChI is InChI=1S/C14H23NOS2/c1-17-14(7-3-2-4-8-14)11-15-10-12(16)13-6-5-9-18-13/h5-6,9,12,15-16H,2-4,7-8,10-11H2,1H3. The summed E-state index contributed by atoms with van der Waals surface area (Å²) in [6.07, 6.45) is 8.61. The average Bonchev–Trinajstić information content (AvgIpc) is 2.94. The zero-order valence-corrected chi connectivity index (χ0v) is 12.7. The lowest BCUT2D eigenvalue weighted by atomic mass is 9.88. The van der Waals surface area contributed by atoms with Crippen LogP contribution in [0.5, 0.6) is 0 Å². The molecule has 2 nitrogen and oxygen atoms in total. The van der Waals surface area contributed by atoms with Crippen LogP contribution in [0.3, 0.4) is 0 Å². The largest absolute Gasteiger partial charge is 0.386 e. The number of nitrogens with one attached hydrogen (secondary N) is 1. The highest BCUT2D eigenvalue weighted by molar-refractivity contribution is 8.00. The van der Waals surface area contributed by atoms with Crippen molar-refractivity contribution >= 4 is 23.1 Å². The van der Waals surface area contributed by atoms with Crippen molar-refractivity contribution < 1.29 is 5.11 Å². The Morgan fingerprint density at radius 3 is 2.83 bits per heavy atom. The highest BCUT2D eigenvalue weighted by atomic mass is 32.2. The quantitative estimate of drug-likeness (QED) is 0.840. The Kier molecular flexibility index (Phi) is 5.55. The Bertz CT molecular complexity index is 334. The van der Waals surface area contributed by atoms with Crippen molar-refractivity contribution in [1.82, 2.24) is 5.32 Å². The van der Waals surface area contributed by atoms with Crippen LogP contribution in [-0.2, 0) is 0 Å². The van der Waals surface area contributed by atoms with Crippen molar-refractivity contribution in [2.24, 2.45) is 0 Å². The molecule has 1 atom stereocenters. The smallest absolute Gasteiger partial charge is 0.101 e. The summed E-state index contributed by atoms with van der Waals surface area (Å²) in [6, 6.07) is 4.00. The summed E-state index contributed by atoms with van der Waals surface area (Å²) in [4.78, 5) is 1.06. The highest BCUT2D eigenvalue weighted by Crippen LogP contribution is 2.38. The lowest BCUT2D eigenvalue weighted by Gasteiger charge is -2.36. The summed E-state index contributed by atoms with van der Waals surface area (Å²) in [6.45, 7) is 1.69. The fourth-order valence-electron chi connectivity index (χ4n) is 2.67. The number of aliphatic hydroxyl groups is 1. The number of rotatable bonds is 6. The number of hydrogen-bond donors (Lipinski definition) is 2. The minimum Gasteiger partial charge on any atom is -0.386 e. The van der Waals surface area contributed by atoms with Gasteiger partial charge in [-0.1, -0.05) is 25.3 Å². The van der Waals surface area contributed by atoms with Crippen LogP contribution in [0.1, 0.15) is 43.1 Å². The minimum atomic E-state index is -0.354. The Balaban J connectivity index is 1.76. The molecule has 1 saturated carbocycles. The minimum absolute atomic E-state index is 0.354. The molecule has 18 heavy (non-hydrogen) atoms. The summed E-state index contributed by atoms with van der Waals surface area (Å²) in [5, 5.41) is 15.5. The predicted octanol–water partition coefficient (Wildman–Crippen LogP) is 3.44. The van der Waals surface area contributed by atoms with Gasteiger partial charge in [-0.05, 0) is 30.5 Å². The molecule has 4 heteroatoms. The van der Waals surface area contributed by atoms with E-state index < -0.39 is 0 Å². The van der Waals surface area contributed by atoms with Crippen LogP contribution in [0.4, 0.5) is 0 Å². The zero-order valence-electron chi connectivity index (χ0n) is 11.0. The second-order valence-electron chi connectivity index (χ2n) is 5.11. The van der Waals surface area contributed by atoms with E-state index in [-0.39, 0.29) is 6.10 Å². The first-order valence-corrected chi connectivity index (χ1v) is 8.83. The second-order valence-corrected chi connectivity index (χ2v) is 7.36. The van der Waals surface area contributed by atoms with Crippen LogP contribution in [0.2, 0.25) is 0 Å². The molecular formula is C14H23NOS2. The maximum Gasteiger partial charge on any atom is 0.101 e. The summed E-state index contributed by atoms with van der Waals surface area (Å²) in [5.74, 6) is 0. The van der Waals surface area contributed by atoms with E-state index in [1.54, 1.807) is 11.3 Å². The topological polar surface area (TPSA) is 32.3 Å². The van der Waals surface area contributed by atoms with Gasteiger partial charge >= 0.3 is 0 Å². The lowest BCUT2D eigenvalue weighted by molar-refractivity contribution is 0.176. The van der Waals surface area contributed by atoms with Gasteiger partial charge in [0.15, 0.2) is 0 Å². The van der Waals surface area contributed by atoms with Crippen LogP contribution >= 0.6 is 23.1 Å². The van der Waals surface area contributed by atoms with Crippen molar-refractivity contribution in [3.05, 3.63) is 22.4 Å². The second kappa shape index (κ2) is 6.94. The molecule has 0 saturated heterocycles. The van der Waals surface area contributed by atoms with Gasteiger partial charge in [0.25, 0.3) is 0 Å². The van der Waals surface area contributed by atoms with Crippen molar-refractivity contribution in [3.63, 3.8) is 0 Å². The van der Waals surface area contributed by atoms with Gasteiger partial charge in [0.1, 0.15) is 6.10 Å². The Morgan fingerprint density at radius 2 is 2.22 bits per heavy atom. The molecule has 0 bridgehead atoms. The number of thiophene rings is 1. The monoisotopic (exact) mass is 285 g/mol. The van der Waals surface area contributed by atoms with E-state index in [9.17, 15) is 5.11 Å². The van der Waals surface area contributed by atoms with Crippen molar-refractivity contribution in [3.8, 4) is 0 Å². The predicted molar refractivity (Wildman–Crippen MR) is 81.5 cm³/mol. The summed E-state index contributed by atoms with van der Waals surface area (Å²) < 4.78 is 0.410. The van der Waals surface area contributed by atoms with Crippen molar-refractivity contribution in [1.29, 1.82) is 0 Å². The van der Waals surface area contributed by atoms with Gasteiger partial charge in [-0.25, -0.2) is 0 Å². The zero-order chi connectivity index (χ0) is 12.8. The molecular weight excluding hydrogens is 262 g/mol. The Labute approximate surface area is 118 Å². The van der Waals surface area contributed by atoms with E-state index in [0.29, 0.717) is 11.3 Å². The average molecular weight is 285 g/mol. The van der Waals surface area contributed by atoms with Gasteiger partial charge < -0.3 is 10.4 Å². The van der Waals surface area contributed by atoms with Crippen LogP contribution < -0.4 is 5.32 Å². The fourth-order valence-corrected chi connectivity index (χ4v) is 4.32. The first-order valence-electron chi connectivity index (χ1n) is 6.73. The third-order valence-corrected chi connectivity index (χ3v) is 6.25. The SMILES string of the molecule is CSC1(CNCC(O)c2cccs2)CCCCC1. The number of hydrogen-bond acceptors (Lipinski definition) is 4. The maximum atomic E-state index is 10.0. The molecule has 0 radical (unpaired) electrons. The Hall–Kier alpha value is -0.0300. The molecule has 1 aromatic rings. The normalized spacial score (nSPS) is 20.8. The van der Waals surface area contributed by atoms with E-state index in [0.717, 1.165) is 11.4 Å². The van der Waals surface area contributed by atoms with Gasteiger partial charge in [0, 0.05) is 22.7 Å². The third-order valence-electron chi connectivity index (χ3n) is 3.85. The maximum absolute atomic E-state index is 10.0. The molecule has 0 amide bonds. The fraction of sp³-hybridized carbons (Fsp3) is 0.714. The summed E-state index contributed by atoms with van der Waals surface area (Å²) in [7, 11) is 0. The molecule has 1 aliphatic carbocycles. The molecule has 1 aromatic heterocycles. The van der Waals surface area contributed by atoms with Crippen molar-refractivity contribution in [2.45, 2.75) is 43.0 Å². The molecule has 0 aliphatic heterocycles. The van der Waals surface area contributed by atoms with E-state index in [4.69, 9.17) is 0 Å².